The van der Waals surface area contributed by atoms with Gasteiger partial charge in [-0.3, -0.25) is 0 Å². The Bertz CT molecular complexity index is 542. The molecule has 1 aromatic heterocycles. The van der Waals surface area contributed by atoms with Gasteiger partial charge >= 0.3 is 0 Å². The Morgan fingerprint density at radius 3 is 2.72 bits per heavy atom. The topological polar surface area (TPSA) is 12.0 Å². The summed E-state index contributed by atoms with van der Waals surface area (Å²) >= 11 is 8.47. The highest BCUT2D eigenvalue weighted by Crippen LogP contribution is 2.23. The molecule has 18 heavy (non-hydrogen) atoms. The summed E-state index contributed by atoms with van der Waals surface area (Å²) in [6, 6.07) is 7.06. The van der Waals surface area contributed by atoms with Crippen molar-refractivity contribution in [3.8, 4) is 0 Å². The van der Waals surface area contributed by atoms with E-state index >= 15 is 0 Å². The van der Waals surface area contributed by atoms with Gasteiger partial charge in [0.05, 0.1) is 0 Å². The summed E-state index contributed by atoms with van der Waals surface area (Å²) in [5.74, 6) is -0.175. The van der Waals surface area contributed by atoms with Crippen molar-refractivity contribution < 1.29 is 4.39 Å². The first-order valence-electron chi connectivity index (χ1n) is 5.47. The summed E-state index contributed by atoms with van der Waals surface area (Å²) in [5, 5.41) is 5.37. The van der Waals surface area contributed by atoms with Crippen molar-refractivity contribution in [1.82, 2.24) is 5.32 Å². The molecule has 2 rings (SSSR count). The number of hydrogen-bond donors (Lipinski definition) is 1. The number of halogens is 3. The van der Waals surface area contributed by atoms with E-state index in [9.17, 15) is 4.39 Å². The highest BCUT2D eigenvalue weighted by molar-refractivity contribution is 9.10. The Kier molecular flexibility index (Phi) is 4.95. The fourth-order valence-electron chi connectivity index (χ4n) is 1.66. The normalized spacial score (nSPS) is 12.7. The molecule has 5 heteroatoms. The van der Waals surface area contributed by atoms with E-state index in [2.05, 4.69) is 43.2 Å². The second-order valence-corrected chi connectivity index (χ2v) is 6.83. The number of hydrogen-bond acceptors (Lipinski definition) is 2. The lowest BCUT2D eigenvalue weighted by Crippen LogP contribution is -2.18. The van der Waals surface area contributed by atoms with Crippen LogP contribution in [0.25, 0.3) is 0 Å². The Balaban J connectivity index is 2.03. The average molecular weight is 393 g/mol. The van der Waals surface area contributed by atoms with Gasteiger partial charge in [0.25, 0.3) is 0 Å². The highest BCUT2D eigenvalue weighted by atomic mass is 79.9. The molecule has 1 unspecified atom stereocenters. The van der Waals surface area contributed by atoms with E-state index in [1.807, 2.05) is 18.4 Å². The van der Waals surface area contributed by atoms with Crippen molar-refractivity contribution in [1.29, 1.82) is 0 Å². The largest absolute Gasteiger partial charge is 0.305 e. The number of rotatable bonds is 4. The zero-order chi connectivity index (χ0) is 13.1. The second kappa shape index (κ2) is 6.28. The molecule has 0 amide bonds. The highest BCUT2D eigenvalue weighted by Gasteiger charge is 2.11. The predicted octanol–water partition coefficient (Wildman–Crippen LogP) is 5.26. The summed E-state index contributed by atoms with van der Waals surface area (Å²) < 4.78 is 15.7. The van der Waals surface area contributed by atoms with Crippen LogP contribution >= 0.6 is 43.2 Å². The molecule has 1 heterocycles. The summed E-state index contributed by atoms with van der Waals surface area (Å²) in [6.07, 6.45) is 0. The minimum atomic E-state index is -0.175. The molecule has 1 nitrogen and oxygen atoms in total. The second-order valence-electron chi connectivity index (χ2n) is 4.00. The van der Waals surface area contributed by atoms with Crippen LogP contribution in [0.5, 0.6) is 0 Å². The summed E-state index contributed by atoms with van der Waals surface area (Å²) in [4.78, 5) is 1.23. The molecule has 0 bridgehead atoms. The van der Waals surface area contributed by atoms with Gasteiger partial charge in [-0.2, -0.15) is 0 Å². The molecule has 0 saturated heterocycles. The van der Waals surface area contributed by atoms with E-state index in [0.717, 1.165) is 15.5 Å². The molecular weight excluding hydrogens is 381 g/mol. The Morgan fingerprint density at radius 1 is 1.28 bits per heavy atom. The van der Waals surface area contributed by atoms with Gasteiger partial charge in [-0.1, -0.05) is 15.9 Å². The zero-order valence-electron chi connectivity index (χ0n) is 9.71. The SMILES string of the molecule is CC(NCc1cc(Br)cs1)c1cc(Br)ccc1F. The van der Waals surface area contributed by atoms with Gasteiger partial charge in [-0.15, -0.1) is 11.3 Å². The lowest BCUT2D eigenvalue weighted by atomic mass is 10.1. The molecule has 0 aliphatic carbocycles. The van der Waals surface area contributed by atoms with Gasteiger partial charge < -0.3 is 5.32 Å². The van der Waals surface area contributed by atoms with Crippen LogP contribution in [0.3, 0.4) is 0 Å². The van der Waals surface area contributed by atoms with Crippen molar-refractivity contribution in [3.05, 3.63) is 54.8 Å². The van der Waals surface area contributed by atoms with Gasteiger partial charge in [0.1, 0.15) is 5.82 Å². The quantitative estimate of drug-likeness (QED) is 0.747. The first kappa shape index (κ1) is 14.2. The molecule has 0 aliphatic heterocycles. The lowest BCUT2D eigenvalue weighted by Gasteiger charge is -2.14. The van der Waals surface area contributed by atoms with Crippen LogP contribution in [0.2, 0.25) is 0 Å². The monoisotopic (exact) mass is 391 g/mol. The lowest BCUT2D eigenvalue weighted by molar-refractivity contribution is 0.530. The first-order valence-corrected chi connectivity index (χ1v) is 7.94. The van der Waals surface area contributed by atoms with Gasteiger partial charge in [0, 0.05) is 37.4 Å². The molecule has 0 spiro atoms. The molecule has 1 atom stereocenters. The molecule has 1 N–H and O–H groups in total. The van der Waals surface area contributed by atoms with E-state index < -0.39 is 0 Å². The first-order chi connectivity index (χ1) is 8.56. The average Bonchev–Trinajstić information content (AvgIpc) is 2.75. The van der Waals surface area contributed by atoms with Crippen molar-refractivity contribution in [3.63, 3.8) is 0 Å². The zero-order valence-corrected chi connectivity index (χ0v) is 13.7. The third-order valence-corrected chi connectivity index (χ3v) is 4.82. The van der Waals surface area contributed by atoms with Crippen LogP contribution in [0.15, 0.2) is 38.6 Å². The smallest absolute Gasteiger partial charge is 0.128 e. The van der Waals surface area contributed by atoms with Crippen molar-refractivity contribution >= 4 is 43.2 Å². The summed E-state index contributed by atoms with van der Waals surface area (Å²) in [6.45, 7) is 2.71. The van der Waals surface area contributed by atoms with Crippen LogP contribution in [0, 0.1) is 5.82 Å². The van der Waals surface area contributed by atoms with Crippen LogP contribution < -0.4 is 5.32 Å². The maximum absolute atomic E-state index is 13.7. The van der Waals surface area contributed by atoms with Crippen LogP contribution in [0.4, 0.5) is 4.39 Å². The van der Waals surface area contributed by atoms with Crippen molar-refractivity contribution in [2.24, 2.45) is 0 Å². The van der Waals surface area contributed by atoms with E-state index in [4.69, 9.17) is 0 Å². The third kappa shape index (κ3) is 3.63. The van der Waals surface area contributed by atoms with Crippen LogP contribution in [-0.4, -0.2) is 0 Å². The van der Waals surface area contributed by atoms with Gasteiger partial charge in [0.15, 0.2) is 0 Å². The minimum Gasteiger partial charge on any atom is -0.305 e. The van der Waals surface area contributed by atoms with Crippen LogP contribution in [0.1, 0.15) is 23.4 Å². The molecule has 1 aromatic carbocycles. The van der Waals surface area contributed by atoms with E-state index in [1.165, 1.54) is 10.9 Å². The van der Waals surface area contributed by atoms with Crippen molar-refractivity contribution in [2.45, 2.75) is 19.5 Å². The maximum Gasteiger partial charge on any atom is 0.128 e. The van der Waals surface area contributed by atoms with Gasteiger partial charge in [0.2, 0.25) is 0 Å². The minimum absolute atomic E-state index is 0.0247. The van der Waals surface area contributed by atoms with Gasteiger partial charge in [-0.25, -0.2) is 4.39 Å². The molecule has 96 valence electrons. The standard InChI is InChI=1S/C13H12Br2FNS/c1-8(12-5-9(14)2-3-13(12)16)17-6-11-4-10(15)7-18-11/h2-5,7-8,17H,6H2,1H3. The Hall–Kier alpha value is -0.230. The fraction of sp³-hybridized carbons (Fsp3) is 0.231. The summed E-state index contributed by atoms with van der Waals surface area (Å²) in [7, 11) is 0. The predicted molar refractivity (Wildman–Crippen MR) is 81.4 cm³/mol. The number of thiophene rings is 1. The molecule has 2 aromatic rings. The fourth-order valence-corrected chi connectivity index (χ4v) is 3.44. The Labute approximate surface area is 127 Å². The van der Waals surface area contributed by atoms with E-state index in [0.29, 0.717) is 5.56 Å². The van der Waals surface area contributed by atoms with Crippen molar-refractivity contribution in [2.75, 3.05) is 0 Å². The molecule has 0 aliphatic rings. The Morgan fingerprint density at radius 2 is 2.06 bits per heavy atom. The maximum atomic E-state index is 13.7. The third-order valence-electron chi connectivity index (χ3n) is 2.63. The molecule has 0 fully saturated rings. The molecular formula is C13H12Br2FNS. The number of nitrogens with one attached hydrogen (secondary N) is 1. The summed E-state index contributed by atoms with van der Waals surface area (Å²) in [5.41, 5.74) is 0.681. The molecule has 0 saturated carbocycles. The van der Waals surface area contributed by atoms with E-state index in [-0.39, 0.29) is 11.9 Å². The van der Waals surface area contributed by atoms with Crippen LogP contribution in [-0.2, 0) is 6.54 Å². The van der Waals surface area contributed by atoms with Gasteiger partial charge in [-0.05, 0) is 47.1 Å². The molecule has 0 radical (unpaired) electrons. The van der Waals surface area contributed by atoms with E-state index in [1.54, 1.807) is 17.4 Å². The number of benzene rings is 1.